The van der Waals surface area contributed by atoms with Crippen LogP contribution in [0.4, 0.5) is 0 Å². The molecule has 178 valence electrons. The number of aromatic nitrogens is 4. The molecule has 1 atom stereocenters. The predicted molar refractivity (Wildman–Crippen MR) is 124 cm³/mol. The Bertz CT molecular complexity index is 1330. The van der Waals surface area contributed by atoms with Gasteiger partial charge in [0.25, 0.3) is 5.91 Å². The summed E-state index contributed by atoms with van der Waals surface area (Å²) >= 11 is 0. The summed E-state index contributed by atoms with van der Waals surface area (Å²) in [7, 11) is 0. The minimum atomic E-state index is -0.656. The standard InChI is InChI=1S/C25H24N6O4/c1-2-17-11-27-30(12-17)10-4-9-29-13-18(26-16-29)15-35-22-6-3-5-19-20(22)14-31(25(19)34)21-7-8-23(32)28-24(21)33/h1,3,5-6,11-13,16,21H,4,7-10,14-15H2,(H,28,32,33). The van der Waals surface area contributed by atoms with Gasteiger partial charge in [-0.1, -0.05) is 12.0 Å². The summed E-state index contributed by atoms with van der Waals surface area (Å²) in [5, 5.41) is 6.55. The van der Waals surface area contributed by atoms with Crippen LogP contribution in [0.25, 0.3) is 0 Å². The monoisotopic (exact) mass is 472 g/mol. The van der Waals surface area contributed by atoms with E-state index < -0.39 is 11.9 Å². The largest absolute Gasteiger partial charge is 0.487 e. The Morgan fingerprint density at radius 2 is 2.09 bits per heavy atom. The maximum Gasteiger partial charge on any atom is 0.255 e. The Morgan fingerprint density at radius 3 is 2.89 bits per heavy atom. The maximum atomic E-state index is 12.9. The van der Waals surface area contributed by atoms with Crippen LogP contribution in [0.5, 0.6) is 5.75 Å². The molecule has 1 unspecified atom stereocenters. The fraction of sp³-hybridized carbons (Fsp3) is 0.320. The van der Waals surface area contributed by atoms with Crippen LogP contribution in [0.15, 0.2) is 43.1 Å². The van der Waals surface area contributed by atoms with E-state index in [0.29, 0.717) is 17.7 Å². The van der Waals surface area contributed by atoms with Gasteiger partial charge in [-0.05, 0) is 25.0 Å². The summed E-state index contributed by atoms with van der Waals surface area (Å²) in [4.78, 5) is 42.6. The van der Waals surface area contributed by atoms with Gasteiger partial charge in [-0.2, -0.15) is 5.10 Å². The van der Waals surface area contributed by atoms with Crippen molar-refractivity contribution in [3.05, 3.63) is 65.5 Å². The summed E-state index contributed by atoms with van der Waals surface area (Å²) in [5.74, 6) is 2.18. The van der Waals surface area contributed by atoms with E-state index in [1.807, 2.05) is 27.7 Å². The van der Waals surface area contributed by atoms with Crippen molar-refractivity contribution >= 4 is 17.7 Å². The molecule has 1 saturated heterocycles. The van der Waals surface area contributed by atoms with Crippen LogP contribution in [0.3, 0.4) is 0 Å². The normalized spacial score (nSPS) is 17.3. The molecule has 0 radical (unpaired) electrons. The Morgan fingerprint density at radius 1 is 1.20 bits per heavy atom. The number of carbonyl (C=O) groups is 3. The molecule has 2 aliphatic heterocycles. The second-order valence-corrected chi connectivity index (χ2v) is 8.56. The molecule has 4 heterocycles. The van der Waals surface area contributed by atoms with Crippen molar-refractivity contribution in [2.45, 2.75) is 51.5 Å². The first-order valence-corrected chi connectivity index (χ1v) is 11.4. The van der Waals surface area contributed by atoms with Crippen LogP contribution in [0.2, 0.25) is 0 Å². The number of ether oxygens (including phenoxy) is 1. The molecular formula is C25H24N6O4. The van der Waals surface area contributed by atoms with Gasteiger partial charge >= 0.3 is 0 Å². The van der Waals surface area contributed by atoms with Gasteiger partial charge in [0.05, 0.1) is 30.3 Å². The molecule has 0 aliphatic carbocycles. The van der Waals surface area contributed by atoms with Crippen molar-refractivity contribution in [2.75, 3.05) is 0 Å². The number of hydrogen-bond acceptors (Lipinski definition) is 6. The molecule has 1 fully saturated rings. The van der Waals surface area contributed by atoms with Gasteiger partial charge in [-0.15, -0.1) is 6.42 Å². The minimum absolute atomic E-state index is 0.219. The molecule has 0 spiro atoms. The van der Waals surface area contributed by atoms with Gasteiger partial charge < -0.3 is 14.2 Å². The Kier molecular flexibility index (Phi) is 6.06. The number of rotatable bonds is 8. The number of aryl methyl sites for hydroxylation is 2. The van der Waals surface area contributed by atoms with E-state index in [1.165, 1.54) is 4.90 Å². The number of terminal acetylenes is 1. The van der Waals surface area contributed by atoms with E-state index in [1.54, 1.807) is 24.7 Å². The van der Waals surface area contributed by atoms with Crippen LogP contribution < -0.4 is 10.1 Å². The summed E-state index contributed by atoms with van der Waals surface area (Å²) in [5.41, 5.74) is 2.79. The average Bonchev–Trinajstić information content (AvgIpc) is 3.58. The SMILES string of the molecule is C#Cc1cnn(CCCn2cnc(COc3cccc4c3CN(C3CCC(=O)NC3=O)C4=O)c2)c1. The van der Waals surface area contributed by atoms with E-state index >= 15 is 0 Å². The van der Waals surface area contributed by atoms with Gasteiger partial charge in [-0.3, -0.25) is 24.4 Å². The average molecular weight is 473 g/mol. The van der Waals surface area contributed by atoms with Gasteiger partial charge in [0.2, 0.25) is 11.8 Å². The highest BCUT2D eigenvalue weighted by Crippen LogP contribution is 2.33. The number of carbonyl (C=O) groups excluding carboxylic acids is 3. The number of hydrogen-bond donors (Lipinski definition) is 1. The minimum Gasteiger partial charge on any atom is -0.487 e. The number of nitrogens with zero attached hydrogens (tertiary/aromatic N) is 5. The van der Waals surface area contributed by atoms with Gasteiger partial charge in [-0.25, -0.2) is 4.98 Å². The lowest BCUT2D eigenvalue weighted by atomic mass is 10.0. The molecule has 10 nitrogen and oxygen atoms in total. The summed E-state index contributed by atoms with van der Waals surface area (Å²) in [6.07, 6.45) is 14.0. The number of fused-ring (bicyclic) bond motifs is 1. The lowest BCUT2D eigenvalue weighted by Gasteiger charge is -2.29. The van der Waals surface area contributed by atoms with Crippen LogP contribution in [-0.2, 0) is 35.8 Å². The zero-order chi connectivity index (χ0) is 24.4. The molecule has 2 aliphatic rings. The molecule has 10 heteroatoms. The quantitative estimate of drug-likeness (QED) is 0.393. The smallest absolute Gasteiger partial charge is 0.255 e. The molecule has 3 aromatic rings. The third kappa shape index (κ3) is 4.66. The maximum absolute atomic E-state index is 12.9. The lowest BCUT2D eigenvalue weighted by Crippen LogP contribution is -2.52. The van der Waals surface area contributed by atoms with E-state index in [-0.39, 0.29) is 31.4 Å². The highest BCUT2D eigenvalue weighted by molar-refractivity contribution is 6.05. The Hall–Kier alpha value is -4.39. The molecular weight excluding hydrogens is 448 g/mol. The molecule has 0 saturated carbocycles. The van der Waals surface area contributed by atoms with Crippen molar-refractivity contribution in [3.8, 4) is 18.1 Å². The van der Waals surface area contributed by atoms with Crippen molar-refractivity contribution in [1.29, 1.82) is 0 Å². The Labute approximate surface area is 201 Å². The van der Waals surface area contributed by atoms with Crippen LogP contribution in [0.1, 0.15) is 46.4 Å². The van der Waals surface area contributed by atoms with Crippen molar-refractivity contribution in [3.63, 3.8) is 0 Å². The third-order valence-corrected chi connectivity index (χ3v) is 6.20. The molecule has 1 aromatic carbocycles. The highest BCUT2D eigenvalue weighted by atomic mass is 16.5. The number of piperidine rings is 1. The van der Waals surface area contributed by atoms with Gasteiger partial charge in [0.1, 0.15) is 18.4 Å². The van der Waals surface area contributed by atoms with Crippen LogP contribution in [0, 0.1) is 12.3 Å². The van der Waals surface area contributed by atoms with E-state index in [9.17, 15) is 14.4 Å². The second-order valence-electron chi connectivity index (χ2n) is 8.56. The summed E-state index contributed by atoms with van der Waals surface area (Å²) in [6, 6.07) is 4.65. The van der Waals surface area contributed by atoms with Crippen molar-refractivity contribution in [1.82, 2.24) is 29.5 Å². The van der Waals surface area contributed by atoms with Crippen molar-refractivity contribution in [2.24, 2.45) is 0 Å². The van der Waals surface area contributed by atoms with E-state index in [0.717, 1.165) is 36.3 Å². The summed E-state index contributed by atoms with van der Waals surface area (Å²) in [6.45, 7) is 2.04. The highest BCUT2D eigenvalue weighted by Gasteiger charge is 2.40. The predicted octanol–water partition coefficient (Wildman–Crippen LogP) is 1.49. The second kappa shape index (κ2) is 9.46. The molecule has 3 amide bonds. The number of amides is 3. The van der Waals surface area contributed by atoms with Crippen LogP contribution >= 0.6 is 0 Å². The lowest BCUT2D eigenvalue weighted by molar-refractivity contribution is -0.136. The Balaban J connectivity index is 1.18. The molecule has 5 rings (SSSR count). The molecule has 35 heavy (non-hydrogen) atoms. The zero-order valence-corrected chi connectivity index (χ0v) is 19.0. The van der Waals surface area contributed by atoms with E-state index in [2.05, 4.69) is 21.3 Å². The first kappa shape index (κ1) is 22.4. The van der Waals surface area contributed by atoms with E-state index in [4.69, 9.17) is 11.2 Å². The van der Waals surface area contributed by atoms with Gasteiger partial charge in [0, 0.05) is 43.0 Å². The molecule has 0 bridgehead atoms. The molecule has 2 aromatic heterocycles. The number of nitrogens with one attached hydrogen (secondary N) is 1. The fourth-order valence-corrected chi connectivity index (χ4v) is 4.42. The summed E-state index contributed by atoms with van der Waals surface area (Å²) < 4.78 is 9.84. The first-order valence-electron chi connectivity index (χ1n) is 11.4. The fourth-order valence-electron chi connectivity index (χ4n) is 4.42. The number of imide groups is 1. The first-order chi connectivity index (χ1) is 17.0. The number of imidazole rings is 1. The van der Waals surface area contributed by atoms with Crippen molar-refractivity contribution < 1.29 is 19.1 Å². The van der Waals surface area contributed by atoms with Gasteiger partial charge in [0.15, 0.2) is 0 Å². The number of benzene rings is 1. The topological polar surface area (TPSA) is 111 Å². The zero-order valence-electron chi connectivity index (χ0n) is 19.0. The van der Waals surface area contributed by atoms with Crippen LogP contribution in [-0.4, -0.2) is 48.0 Å². The molecule has 1 N–H and O–H groups in total. The third-order valence-electron chi connectivity index (χ3n) is 6.20.